The zero-order valence-corrected chi connectivity index (χ0v) is 16.2. The lowest BCUT2D eigenvalue weighted by Crippen LogP contribution is -3.08. The van der Waals surface area contributed by atoms with Gasteiger partial charge in [0.25, 0.3) is 5.91 Å². The summed E-state index contributed by atoms with van der Waals surface area (Å²) in [7, 11) is 3.62. The number of quaternary nitrogens is 1. The highest BCUT2D eigenvalue weighted by molar-refractivity contribution is 9.11. The summed E-state index contributed by atoms with van der Waals surface area (Å²) >= 11 is 5.15. The van der Waals surface area contributed by atoms with Gasteiger partial charge in [0.05, 0.1) is 29.4 Å². The summed E-state index contributed by atoms with van der Waals surface area (Å²) < 4.78 is 12.0. The second-order valence-electron chi connectivity index (χ2n) is 5.37. The zero-order chi connectivity index (χ0) is 17.4. The van der Waals surface area contributed by atoms with E-state index in [9.17, 15) is 4.79 Å². The number of amides is 1. The SMILES string of the molecule is COc1ccccc1OCCNC(=O)C[NH+](C)Cc1ccc(Br)s1. The molecule has 7 heteroatoms. The van der Waals surface area contributed by atoms with Crippen LogP contribution in [-0.4, -0.2) is 39.8 Å². The van der Waals surface area contributed by atoms with Crippen molar-refractivity contribution in [2.75, 3.05) is 33.9 Å². The van der Waals surface area contributed by atoms with E-state index in [1.54, 1.807) is 18.4 Å². The molecule has 130 valence electrons. The number of halogens is 1. The van der Waals surface area contributed by atoms with Crippen LogP contribution in [0.25, 0.3) is 0 Å². The third-order valence-corrected chi connectivity index (χ3v) is 4.94. The van der Waals surface area contributed by atoms with Gasteiger partial charge in [-0.05, 0) is 40.2 Å². The van der Waals surface area contributed by atoms with E-state index in [1.165, 1.54) is 4.88 Å². The lowest BCUT2D eigenvalue weighted by atomic mass is 10.3. The molecular formula is C17H22BrN2O3S+. The molecule has 0 aliphatic rings. The highest BCUT2D eigenvalue weighted by Crippen LogP contribution is 2.25. The number of nitrogens with one attached hydrogen (secondary N) is 2. The maximum Gasteiger partial charge on any atom is 0.275 e. The summed E-state index contributed by atoms with van der Waals surface area (Å²) in [6, 6.07) is 11.6. The smallest absolute Gasteiger partial charge is 0.275 e. The van der Waals surface area contributed by atoms with E-state index >= 15 is 0 Å². The second-order valence-corrected chi connectivity index (χ2v) is 7.91. The summed E-state index contributed by atoms with van der Waals surface area (Å²) in [5.74, 6) is 1.39. The van der Waals surface area contributed by atoms with Gasteiger partial charge >= 0.3 is 0 Å². The molecule has 1 aromatic heterocycles. The molecule has 2 aromatic rings. The van der Waals surface area contributed by atoms with E-state index < -0.39 is 0 Å². The maximum atomic E-state index is 12.0. The number of benzene rings is 1. The molecule has 0 saturated carbocycles. The average molecular weight is 414 g/mol. The number of thiophene rings is 1. The molecule has 5 nitrogen and oxygen atoms in total. The first-order chi connectivity index (χ1) is 11.6. The van der Waals surface area contributed by atoms with E-state index in [-0.39, 0.29) is 5.91 Å². The van der Waals surface area contributed by atoms with Gasteiger partial charge in [0.2, 0.25) is 0 Å². The predicted octanol–water partition coefficient (Wildman–Crippen LogP) is 1.73. The maximum absolute atomic E-state index is 12.0. The minimum atomic E-state index is 0.0201. The van der Waals surface area contributed by atoms with Crippen molar-refractivity contribution < 1.29 is 19.2 Å². The molecule has 0 saturated heterocycles. The summed E-state index contributed by atoms with van der Waals surface area (Å²) in [6.07, 6.45) is 0. The largest absolute Gasteiger partial charge is 0.493 e. The Labute approximate surface area is 154 Å². The van der Waals surface area contributed by atoms with Crippen molar-refractivity contribution in [1.82, 2.24) is 5.32 Å². The van der Waals surface area contributed by atoms with Crippen molar-refractivity contribution in [3.8, 4) is 11.5 Å². The van der Waals surface area contributed by atoms with Crippen LogP contribution < -0.4 is 19.7 Å². The van der Waals surface area contributed by atoms with Crippen LogP contribution in [0.3, 0.4) is 0 Å². The zero-order valence-electron chi connectivity index (χ0n) is 13.8. The minimum absolute atomic E-state index is 0.0201. The Morgan fingerprint density at radius 2 is 2.00 bits per heavy atom. The van der Waals surface area contributed by atoms with Gasteiger partial charge in [-0.2, -0.15) is 0 Å². The third kappa shape index (κ3) is 6.14. The van der Waals surface area contributed by atoms with Crippen LogP contribution in [0, 0.1) is 0 Å². The predicted molar refractivity (Wildman–Crippen MR) is 99.0 cm³/mol. The molecule has 1 amide bonds. The highest BCUT2D eigenvalue weighted by atomic mass is 79.9. The van der Waals surface area contributed by atoms with Crippen molar-refractivity contribution in [3.05, 3.63) is 45.1 Å². The van der Waals surface area contributed by atoms with Crippen LogP contribution in [0.4, 0.5) is 0 Å². The minimum Gasteiger partial charge on any atom is -0.493 e. The Hall–Kier alpha value is -1.57. The number of carbonyl (C=O) groups is 1. The van der Waals surface area contributed by atoms with Gasteiger partial charge in [0.15, 0.2) is 18.0 Å². The van der Waals surface area contributed by atoms with E-state index in [0.29, 0.717) is 31.2 Å². The Morgan fingerprint density at radius 1 is 1.25 bits per heavy atom. The molecule has 2 N–H and O–H groups in total. The van der Waals surface area contributed by atoms with Gasteiger partial charge in [-0.25, -0.2) is 0 Å². The number of carbonyl (C=O) groups excluding carboxylic acids is 1. The lowest BCUT2D eigenvalue weighted by Gasteiger charge is -2.13. The first kappa shape index (κ1) is 18.8. The molecule has 0 radical (unpaired) electrons. The number of hydrogen-bond donors (Lipinski definition) is 2. The standard InChI is InChI=1S/C17H21BrN2O3S/c1-20(11-13-7-8-16(18)24-13)12-17(21)19-9-10-23-15-6-4-3-5-14(15)22-2/h3-8H,9-12H2,1-2H3,(H,19,21)/p+1. The Morgan fingerprint density at radius 3 is 2.67 bits per heavy atom. The number of likely N-dealkylation sites (N-methyl/N-ethyl adjacent to an activating group) is 1. The highest BCUT2D eigenvalue weighted by Gasteiger charge is 2.11. The molecule has 1 aromatic carbocycles. The van der Waals surface area contributed by atoms with Gasteiger partial charge in [-0.3, -0.25) is 4.79 Å². The molecule has 2 rings (SSSR count). The molecule has 1 heterocycles. The number of methoxy groups -OCH3 is 1. The first-order valence-corrected chi connectivity index (χ1v) is 9.27. The molecule has 0 bridgehead atoms. The van der Waals surface area contributed by atoms with E-state index in [0.717, 1.165) is 15.2 Å². The quantitative estimate of drug-likeness (QED) is 0.615. The Bertz CT molecular complexity index is 663. The molecule has 1 unspecified atom stereocenters. The summed E-state index contributed by atoms with van der Waals surface area (Å²) in [4.78, 5) is 14.4. The van der Waals surface area contributed by atoms with Gasteiger partial charge in [0.1, 0.15) is 13.2 Å². The molecule has 0 aliphatic carbocycles. The molecule has 1 atom stereocenters. The van der Waals surface area contributed by atoms with Crippen LogP contribution in [0.1, 0.15) is 4.88 Å². The third-order valence-electron chi connectivity index (χ3n) is 3.32. The number of hydrogen-bond acceptors (Lipinski definition) is 4. The number of ether oxygens (including phenoxy) is 2. The fourth-order valence-electron chi connectivity index (χ4n) is 2.23. The van der Waals surface area contributed by atoms with E-state index in [1.807, 2.05) is 37.4 Å². The normalized spacial score (nSPS) is 11.8. The van der Waals surface area contributed by atoms with Crippen molar-refractivity contribution in [2.45, 2.75) is 6.54 Å². The van der Waals surface area contributed by atoms with Crippen molar-refractivity contribution in [2.24, 2.45) is 0 Å². The fourth-order valence-corrected chi connectivity index (χ4v) is 3.83. The summed E-state index contributed by atoms with van der Waals surface area (Å²) in [5.41, 5.74) is 0. The first-order valence-electron chi connectivity index (χ1n) is 7.66. The summed E-state index contributed by atoms with van der Waals surface area (Å²) in [5, 5.41) is 2.88. The average Bonchev–Trinajstić information content (AvgIpc) is 2.96. The topological polar surface area (TPSA) is 52.0 Å². The van der Waals surface area contributed by atoms with Crippen LogP contribution >= 0.6 is 27.3 Å². The van der Waals surface area contributed by atoms with E-state index in [2.05, 4.69) is 27.3 Å². The van der Waals surface area contributed by atoms with Crippen molar-refractivity contribution in [1.29, 1.82) is 0 Å². The molecular weight excluding hydrogens is 392 g/mol. The molecule has 0 fully saturated rings. The van der Waals surface area contributed by atoms with Gasteiger partial charge in [0, 0.05) is 0 Å². The number of rotatable bonds is 9. The second kappa shape index (κ2) is 9.66. The van der Waals surface area contributed by atoms with Crippen LogP contribution in [0.15, 0.2) is 40.2 Å². The Kier molecular flexibility index (Phi) is 7.55. The molecule has 0 spiro atoms. The van der Waals surface area contributed by atoms with Crippen LogP contribution in [0.2, 0.25) is 0 Å². The molecule has 0 aliphatic heterocycles. The molecule has 24 heavy (non-hydrogen) atoms. The van der Waals surface area contributed by atoms with Gasteiger partial charge < -0.3 is 19.7 Å². The van der Waals surface area contributed by atoms with Crippen LogP contribution in [-0.2, 0) is 11.3 Å². The fraction of sp³-hybridized carbons (Fsp3) is 0.353. The monoisotopic (exact) mass is 413 g/mol. The lowest BCUT2D eigenvalue weighted by molar-refractivity contribution is -0.885. The van der Waals surface area contributed by atoms with Crippen molar-refractivity contribution in [3.63, 3.8) is 0 Å². The van der Waals surface area contributed by atoms with Crippen molar-refractivity contribution >= 4 is 33.2 Å². The van der Waals surface area contributed by atoms with Gasteiger partial charge in [-0.15, -0.1) is 11.3 Å². The van der Waals surface area contributed by atoms with Gasteiger partial charge in [-0.1, -0.05) is 12.1 Å². The van der Waals surface area contributed by atoms with E-state index in [4.69, 9.17) is 9.47 Å². The summed E-state index contributed by atoms with van der Waals surface area (Å²) in [6.45, 7) is 2.14. The number of para-hydroxylation sites is 2. The van der Waals surface area contributed by atoms with Crippen LogP contribution in [0.5, 0.6) is 11.5 Å². The Balaban J connectivity index is 1.66.